The largest absolute Gasteiger partial charge is 0.466 e. The minimum Gasteiger partial charge on any atom is -0.466 e. The number of alkyl halides is 1. The van der Waals surface area contributed by atoms with Gasteiger partial charge in [-0.2, -0.15) is 0 Å². The molecule has 0 aromatic heterocycles. The van der Waals surface area contributed by atoms with E-state index in [1.807, 2.05) is 6.92 Å². The molecule has 0 aromatic rings. The zero-order chi connectivity index (χ0) is 10.3. The smallest absolute Gasteiger partial charge is 0.306 e. The molecule has 0 saturated heterocycles. The van der Waals surface area contributed by atoms with Crippen molar-refractivity contribution >= 4 is 17.6 Å². The Bertz CT molecular complexity index is 180. The van der Waals surface area contributed by atoms with E-state index < -0.39 is 0 Å². The van der Waals surface area contributed by atoms with Crippen LogP contribution in [-0.2, 0) is 9.53 Å². The normalized spacial score (nSPS) is 14.7. The summed E-state index contributed by atoms with van der Waals surface area (Å²) in [7, 11) is 0. The van der Waals surface area contributed by atoms with Gasteiger partial charge >= 0.3 is 5.97 Å². The quantitative estimate of drug-likeness (QED) is 0.378. The van der Waals surface area contributed by atoms with Gasteiger partial charge < -0.3 is 4.74 Å². The van der Waals surface area contributed by atoms with Gasteiger partial charge in [-0.25, -0.2) is 0 Å². The van der Waals surface area contributed by atoms with Crippen LogP contribution in [0.4, 0.5) is 0 Å². The Hall–Kier alpha value is -0.500. The van der Waals surface area contributed by atoms with Crippen LogP contribution in [0.5, 0.6) is 0 Å². The third-order valence-electron chi connectivity index (χ3n) is 2.01. The molecule has 0 fully saturated rings. The standard InChI is InChI=1S/C10H17ClO2/c1-4-10(3,6-7-11)8-9(12)13-5-2/h4H,1,5-8H2,2-3H3. The van der Waals surface area contributed by atoms with Crippen LogP contribution < -0.4 is 0 Å². The van der Waals surface area contributed by atoms with Crippen LogP contribution >= 0.6 is 11.6 Å². The average Bonchev–Trinajstić information content (AvgIpc) is 2.05. The monoisotopic (exact) mass is 204 g/mol. The summed E-state index contributed by atoms with van der Waals surface area (Å²) >= 11 is 5.63. The molecule has 1 unspecified atom stereocenters. The minimum atomic E-state index is -0.228. The molecule has 0 heterocycles. The van der Waals surface area contributed by atoms with Gasteiger partial charge in [0.1, 0.15) is 0 Å². The molecule has 2 nitrogen and oxygen atoms in total. The molecule has 0 bridgehead atoms. The van der Waals surface area contributed by atoms with E-state index in [-0.39, 0.29) is 11.4 Å². The molecule has 3 heteroatoms. The number of halogens is 1. The summed E-state index contributed by atoms with van der Waals surface area (Å²) in [4.78, 5) is 11.2. The van der Waals surface area contributed by atoms with Crippen LogP contribution in [-0.4, -0.2) is 18.5 Å². The highest BCUT2D eigenvalue weighted by Gasteiger charge is 2.23. The molecule has 0 aliphatic heterocycles. The predicted molar refractivity (Wildman–Crippen MR) is 54.9 cm³/mol. The lowest BCUT2D eigenvalue weighted by Gasteiger charge is -2.23. The highest BCUT2D eigenvalue weighted by molar-refractivity contribution is 6.17. The molecule has 0 amide bonds. The fourth-order valence-corrected chi connectivity index (χ4v) is 1.45. The second-order valence-corrected chi connectivity index (χ2v) is 3.66. The van der Waals surface area contributed by atoms with Crippen molar-refractivity contribution in [2.24, 2.45) is 5.41 Å². The van der Waals surface area contributed by atoms with Gasteiger partial charge in [-0.1, -0.05) is 13.0 Å². The van der Waals surface area contributed by atoms with Gasteiger partial charge in [-0.15, -0.1) is 18.2 Å². The van der Waals surface area contributed by atoms with Crippen molar-refractivity contribution in [1.82, 2.24) is 0 Å². The summed E-state index contributed by atoms with van der Waals surface area (Å²) in [6.07, 6.45) is 2.88. The van der Waals surface area contributed by atoms with E-state index in [2.05, 4.69) is 6.58 Å². The molecular formula is C10H17ClO2. The summed E-state index contributed by atoms with van der Waals surface area (Å²) in [5, 5.41) is 0. The molecule has 0 spiro atoms. The molecule has 76 valence electrons. The Kier molecular flexibility index (Phi) is 5.80. The predicted octanol–water partition coefficient (Wildman–Crippen LogP) is 2.76. The second kappa shape index (κ2) is 6.03. The van der Waals surface area contributed by atoms with Crippen LogP contribution in [0.1, 0.15) is 26.7 Å². The Morgan fingerprint density at radius 1 is 1.69 bits per heavy atom. The lowest BCUT2D eigenvalue weighted by Crippen LogP contribution is -2.20. The van der Waals surface area contributed by atoms with Crippen molar-refractivity contribution in [3.63, 3.8) is 0 Å². The molecule has 0 aromatic carbocycles. The molecule has 0 rings (SSSR count). The Morgan fingerprint density at radius 3 is 2.69 bits per heavy atom. The molecule has 0 aliphatic carbocycles. The van der Waals surface area contributed by atoms with Gasteiger partial charge in [-0.05, 0) is 18.8 Å². The van der Waals surface area contributed by atoms with Gasteiger partial charge in [0.15, 0.2) is 0 Å². The maximum Gasteiger partial charge on any atom is 0.306 e. The Morgan fingerprint density at radius 2 is 2.31 bits per heavy atom. The van der Waals surface area contributed by atoms with Gasteiger partial charge in [0, 0.05) is 5.88 Å². The molecular weight excluding hydrogens is 188 g/mol. The fourth-order valence-electron chi connectivity index (χ4n) is 1.02. The van der Waals surface area contributed by atoms with Gasteiger partial charge in [0.2, 0.25) is 0 Å². The Labute approximate surface area is 84.9 Å². The zero-order valence-electron chi connectivity index (χ0n) is 8.31. The average molecular weight is 205 g/mol. The number of ether oxygens (including phenoxy) is 1. The first-order valence-electron chi connectivity index (χ1n) is 4.43. The number of carbonyl (C=O) groups excluding carboxylic acids is 1. The summed E-state index contributed by atoms with van der Waals surface area (Å²) in [6, 6.07) is 0. The number of hydrogen-bond donors (Lipinski definition) is 0. The van der Waals surface area contributed by atoms with Crippen molar-refractivity contribution in [3.8, 4) is 0 Å². The maximum absolute atomic E-state index is 11.2. The lowest BCUT2D eigenvalue weighted by atomic mass is 9.84. The van der Waals surface area contributed by atoms with E-state index >= 15 is 0 Å². The molecule has 0 saturated carbocycles. The number of carbonyl (C=O) groups is 1. The number of allylic oxidation sites excluding steroid dienone is 1. The van der Waals surface area contributed by atoms with Crippen molar-refractivity contribution < 1.29 is 9.53 Å². The summed E-state index contributed by atoms with van der Waals surface area (Å²) in [5.74, 6) is 0.345. The van der Waals surface area contributed by atoms with E-state index in [1.54, 1.807) is 13.0 Å². The molecule has 1 atom stereocenters. The van der Waals surface area contributed by atoms with E-state index in [0.29, 0.717) is 18.9 Å². The highest BCUT2D eigenvalue weighted by atomic mass is 35.5. The number of esters is 1. The molecule has 0 N–H and O–H groups in total. The van der Waals surface area contributed by atoms with Crippen LogP contribution in [0.3, 0.4) is 0 Å². The summed E-state index contributed by atoms with van der Waals surface area (Å²) in [6.45, 7) is 7.88. The van der Waals surface area contributed by atoms with Crippen LogP contribution in [0.25, 0.3) is 0 Å². The lowest BCUT2D eigenvalue weighted by molar-refractivity contribution is -0.145. The van der Waals surface area contributed by atoms with Crippen molar-refractivity contribution in [3.05, 3.63) is 12.7 Å². The van der Waals surface area contributed by atoms with Crippen molar-refractivity contribution in [1.29, 1.82) is 0 Å². The fraction of sp³-hybridized carbons (Fsp3) is 0.700. The first-order chi connectivity index (χ1) is 6.08. The molecule has 0 aliphatic rings. The van der Waals surface area contributed by atoms with E-state index in [4.69, 9.17) is 16.3 Å². The van der Waals surface area contributed by atoms with E-state index in [0.717, 1.165) is 6.42 Å². The topological polar surface area (TPSA) is 26.3 Å². The third-order valence-corrected chi connectivity index (χ3v) is 2.20. The van der Waals surface area contributed by atoms with E-state index in [1.165, 1.54) is 0 Å². The minimum absolute atomic E-state index is 0.185. The zero-order valence-corrected chi connectivity index (χ0v) is 9.06. The molecule has 0 radical (unpaired) electrons. The SMILES string of the molecule is C=CC(C)(CCCl)CC(=O)OCC. The van der Waals surface area contributed by atoms with Crippen molar-refractivity contribution in [2.45, 2.75) is 26.7 Å². The number of hydrogen-bond acceptors (Lipinski definition) is 2. The highest BCUT2D eigenvalue weighted by Crippen LogP contribution is 2.28. The van der Waals surface area contributed by atoms with Crippen LogP contribution in [0.15, 0.2) is 12.7 Å². The van der Waals surface area contributed by atoms with Crippen LogP contribution in [0, 0.1) is 5.41 Å². The number of rotatable bonds is 6. The summed E-state index contributed by atoms with van der Waals surface area (Å²) in [5.41, 5.74) is -0.228. The van der Waals surface area contributed by atoms with Crippen LogP contribution in [0.2, 0.25) is 0 Å². The first-order valence-corrected chi connectivity index (χ1v) is 4.96. The van der Waals surface area contributed by atoms with Crippen molar-refractivity contribution in [2.75, 3.05) is 12.5 Å². The van der Waals surface area contributed by atoms with Gasteiger partial charge in [0.05, 0.1) is 13.0 Å². The maximum atomic E-state index is 11.2. The Balaban J connectivity index is 4.09. The first kappa shape index (κ1) is 12.5. The molecule has 13 heavy (non-hydrogen) atoms. The van der Waals surface area contributed by atoms with Gasteiger partial charge in [-0.3, -0.25) is 4.79 Å². The second-order valence-electron chi connectivity index (χ2n) is 3.28. The van der Waals surface area contributed by atoms with Gasteiger partial charge in [0.25, 0.3) is 0 Å². The third kappa shape index (κ3) is 4.94. The van der Waals surface area contributed by atoms with E-state index in [9.17, 15) is 4.79 Å². The summed E-state index contributed by atoms with van der Waals surface area (Å²) < 4.78 is 4.86.